The van der Waals surface area contributed by atoms with Crippen LogP contribution in [-0.2, 0) is 6.54 Å². The van der Waals surface area contributed by atoms with Crippen LogP contribution in [-0.4, -0.2) is 25.8 Å². The van der Waals surface area contributed by atoms with Crippen LogP contribution in [0.2, 0.25) is 0 Å². The molecule has 0 spiro atoms. The summed E-state index contributed by atoms with van der Waals surface area (Å²) in [5.74, 6) is -0.242. The van der Waals surface area contributed by atoms with Gasteiger partial charge in [0.15, 0.2) is 0 Å². The predicted octanol–water partition coefficient (Wildman–Crippen LogP) is 5.00. The lowest BCUT2D eigenvalue weighted by molar-refractivity contribution is 0.102. The minimum absolute atomic E-state index is 0.242. The summed E-state index contributed by atoms with van der Waals surface area (Å²) in [6.07, 6.45) is 3.65. The zero-order chi connectivity index (χ0) is 22.1. The first-order valence-electron chi connectivity index (χ1n) is 10.3. The van der Waals surface area contributed by atoms with Gasteiger partial charge >= 0.3 is 0 Å². The van der Waals surface area contributed by atoms with Crippen molar-refractivity contribution in [3.63, 3.8) is 0 Å². The number of benzene rings is 2. The molecule has 0 fully saturated rings. The van der Waals surface area contributed by atoms with Crippen LogP contribution in [0, 0.1) is 13.8 Å². The van der Waals surface area contributed by atoms with E-state index in [4.69, 9.17) is 4.52 Å². The molecule has 0 bridgehead atoms. The summed E-state index contributed by atoms with van der Waals surface area (Å²) in [6, 6.07) is 19.4. The Morgan fingerprint density at radius 3 is 2.69 bits per heavy atom. The molecule has 7 nitrogen and oxygen atoms in total. The summed E-state index contributed by atoms with van der Waals surface area (Å²) in [6.45, 7) is 4.46. The van der Waals surface area contributed by atoms with Crippen molar-refractivity contribution in [2.75, 3.05) is 5.32 Å². The van der Waals surface area contributed by atoms with E-state index in [1.807, 2.05) is 72.4 Å². The van der Waals surface area contributed by atoms with Gasteiger partial charge in [0.1, 0.15) is 0 Å². The monoisotopic (exact) mass is 423 g/mol. The van der Waals surface area contributed by atoms with Gasteiger partial charge in [-0.3, -0.25) is 9.48 Å². The average Bonchev–Trinajstić information content (AvgIpc) is 3.44. The second-order valence-corrected chi connectivity index (χ2v) is 7.73. The largest absolute Gasteiger partial charge is 0.335 e. The molecule has 0 aliphatic carbocycles. The van der Waals surface area contributed by atoms with Gasteiger partial charge < -0.3 is 9.84 Å². The molecule has 0 radical (unpaired) electrons. The minimum atomic E-state index is -0.242. The number of pyridine rings is 1. The summed E-state index contributed by atoms with van der Waals surface area (Å²) >= 11 is 0. The van der Waals surface area contributed by atoms with E-state index in [1.165, 1.54) is 0 Å². The van der Waals surface area contributed by atoms with Crippen LogP contribution in [0.15, 0.2) is 77.6 Å². The molecule has 5 rings (SSSR count). The van der Waals surface area contributed by atoms with E-state index in [2.05, 4.69) is 20.6 Å². The van der Waals surface area contributed by atoms with Crippen LogP contribution < -0.4 is 5.32 Å². The Balaban J connectivity index is 1.49. The zero-order valence-corrected chi connectivity index (χ0v) is 17.7. The molecule has 0 atom stereocenters. The normalized spacial score (nSPS) is 11.1. The minimum Gasteiger partial charge on any atom is -0.335 e. The maximum Gasteiger partial charge on any atom is 0.259 e. The van der Waals surface area contributed by atoms with Crippen LogP contribution >= 0.6 is 0 Å². The molecule has 0 saturated carbocycles. The van der Waals surface area contributed by atoms with E-state index in [-0.39, 0.29) is 5.91 Å². The van der Waals surface area contributed by atoms with E-state index in [1.54, 1.807) is 19.2 Å². The van der Waals surface area contributed by atoms with E-state index < -0.39 is 0 Å². The van der Waals surface area contributed by atoms with Gasteiger partial charge in [-0.05, 0) is 43.7 Å². The molecule has 0 aliphatic rings. The molecule has 0 unspecified atom stereocenters. The van der Waals surface area contributed by atoms with Crippen molar-refractivity contribution in [2.45, 2.75) is 20.4 Å². The summed E-state index contributed by atoms with van der Waals surface area (Å²) in [4.78, 5) is 17.9. The van der Waals surface area contributed by atoms with Gasteiger partial charge in [-0.1, -0.05) is 47.1 Å². The number of hydrogen-bond donors (Lipinski definition) is 1. The summed E-state index contributed by atoms with van der Waals surface area (Å²) in [5.41, 5.74) is 5.90. The number of aryl methyl sites for hydroxylation is 2. The fraction of sp³-hybridized carbons (Fsp3) is 0.120. The molecular formula is C25H21N5O2. The van der Waals surface area contributed by atoms with Crippen LogP contribution in [0.3, 0.4) is 0 Å². The number of rotatable bonds is 5. The fourth-order valence-corrected chi connectivity index (χ4v) is 3.67. The molecule has 7 heteroatoms. The first-order valence-corrected chi connectivity index (χ1v) is 10.3. The van der Waals surface area contributed by atoms with Gasteiger partial charge in [-0.15, -0.1) is 0 Å². The van der Waals surface area contributed by atoms with Gasteiger partial charge in [0.25, 0.3) is 11.6 Å². The number of nitrogens with one attached hydrogen (secondary N) is 1. The second-order valence-electron chi connectivity index (χ2n) is 7.73. The Kier molecular flexibility index (Phi) is 4.99. The van der Waals surface area contributed by atoms with Gasteiger partial charge in [0.05, 0.1) is 28.9 Å². The Bertz CT molecular complexity index is 1400. The third-order valence-corrected chi connectivity index (χ3v) is 5.30. The van der Waals surface area contributed by atoms with Gasteiger partial charge in [-0.2, -0.15) is 5.10 Å². The molecule has 3 heterocycles. The number of carbonyl (C=O) groups is 1. The number of amides is 1. The van der Waals surface area contributed by atoms with Crippen LogP contribution in [0.4, 0.5) is 5.69 Å². The Hall–Kier alpha value is -4.26. The Labute approximate surface area is 184 Å². The maximum absolute atomic E-state index is 13.3. The highest BCUT2D eigenvalue weighted by Gasteiger charge is 2.19. The van der Waals surface area contributed by atoms with Gasteiger partial charge in [0.2, 0.25) is 0 Å². The molecular weight excluding hydrogens is 402 g/mol. The number of hydrogen-bond acceptors (Lipinski definition) is 5. The van der Waals surface area contributed by atoms with Crippen molar-refractivity contribution in [1.29, 1.82) is 0 Å². The van der Waals surface area contributed by atoms with E-state index in [9.17, 15) is 4.79 Å². The molecule has 1 N–H and O–H groups in total. The summed E-state index contributed by atoms with van der Waals surface area (Å²) in [5, 5.41) is 11.9. The SMILES string of the molecule is Cc1ccc(-c2cc(C(=O)Nc3cccc(Cn4cccn4)c3)c3c(C)noc3n2)cc1. The fourth-order valence-electron chi connectivity index (χ4n) is 3.67. The van der Waals surface area contributed by atoms with Crippen molar-refractivity contribution in [3.05, 3.63) is 95.4 Å². The molecule has 158 valence electrons. The van der Waals surface area contributed by atoms with Crippen LogP contribution in [0.25, 0.3) is 22.4 Å². The average molecular weight is 423 g/mol. The number of nitrogens with zero attached hydrogens (tertiary/aromatic N) is 4. The van der Waals surface area contributed by atoms with E-state index in [0.29, 0.717) is 40.3 Å². The molecule has 3 aromatic heterocycles. The van der Waals surface area contributed by atoms with Crippen molar-refractivity contribution in [2.24, 2.45) is 0 Å². The van der Waals surface area contributed by atoms with Crippen molar-refractivity contribution in [3.8, 4) is 11.3 Å². The lowest BCUT2D eigenvalue weighted by Crippen LogP contribution is -2.13. The Morgan fingerprint density at radius 1 is 1.06 bits per heavy atom. The number of anilines is 1. The third kappa shape index (κ3) is 3.88. The first kappa shape index (κ1) is 19.7. The lowest BCUT2D eigenvalue weighted by Gasteiger charge is -2.10. The van der Waals surface area contributed by atoms with Crippen molar-refractivity contribution in [1.82, 2.24) is 19.9 Å². The smallest absolute Gasteiger partial charge is 0.259 e. The zero-order valence-electron chi connectivity index (χ0n) is 17.7. The molecule has 0 aliphatic heterocycles. The highest BCUT2D eigenvalue weighted by Crippen LogP contribution is 2.28. The summed E-state index contributed by atoms with van der Waals surface area (Å²) in [7, 11) is 0. The highest BCUT2D eigenvalue weighted by atomic mass is 16.5. The molecule has 1 amide bonds. The molecule has 0 saturated heterocycles. The van der Waals surface area contributed by atoms with E-state index >= 15 is 0 Å². The highest BCUT2D eigenvalue weighted by molar-refractivity contribution is 6.13. The summed E-state index contributed by atoms with van der Waals surface area (Å²) < 4.78 is 7.24. The molecule has 2 aromatic carbocycles. The van der Waals surface area contributed by atoms with Crippen LogP contribution in [0.1, 0.15) is 27.2 Å². The van der Waals surface area contributed by atoms with Crippen LogP contribution in [0.5, 0.6) is 0 Å². The molecule has 32 heavy (non-hydrogen) atoms. The van der Waals surface area contributed by atoms with Crippen molar-refractivity contribution < 1.29 is 9.32 Å². The number of fused-ring (bicyclic) bond motifs is 1. The number of aromatic nitrogens is 4. The van der Waals surface area contributed by atoms with Gasteiger partial charge in [-0.25, -0.2) is 4.98 Å². The first-order chi connectivity index (χ1) is 15.6. The third-order valence-electron chi connectivity index (χ3n) is 5.30. The quantitative estimate of drug-likeness (QED) is 0.430. The standard InChI is InChI=1S/C25H21N5O2/c1-16-7-9-19(10-8-16)22-14-21(23-17(2)29-32-25(23)28-22)24(31)27-20-6-3-5-18(13-20)15-30-12-4-11-26-30/h3-14H,15H2,1-2H3,(H,27,31). The second kappa shape index (κ2) is 8.11. The predicted molar refractivity (Wildman–Crippen MR) is 122 cm³/mol. The van der Waals surface area contributed by atoms with Crippen molar-refractivity contribution >= 4 is 22.7 Å². The Morgan fingerprint density at radius 2 is 1.91 bits per heavy atom. The lowest BCUT2D eigenvalue weighted by atomic mass is 10.0. The molecule has 5 aromatic rings. The van der Waals surface area contributed by atoms with E-state index in [0.717, 1.165) is 16.7 Å². The topological polar surface area (TPSA) is 85.8 Å². The maximum atomic E-state index is 13.3. The number of carbonyl (C=O) groups excluding carboxylic acids is 1. The van der Waals surface area contributed by atoms with Gasteiger partial charge in [0, 0.05) is 23.6 Å².